The van der Waals surface area contributed by atoms with E-state index in [9.17, 15) is 0 Å². The fraction of sp³-hybridized carbons (Fsp3) is 0. The molecule has 0 N–H and O–H groups in total. The SMILES string of the molecule is c1ccc(-c2cccc(-c3cccc(-c4cccc(-c5ccc(-c6cccc7c6oc6c(-c8ccc(-c9cccc(-c%10ccc%11ccccc%11c%10)c9)cc8)cccc67)cc5)c4)c3)c2)cc1. The third-order valence-electron chi connectivity index (χ3n) is 12.9. The van der Waals surface area contributed by atoms with E-state index in [2.05, 4.69) is 255 Å². The van der Waals surface area contributed by atoms with Crippen LogP contribution in [0.4, 0.5) is 0 Å². The highest BCUT2D eigenvalue weighted by molar-refractivity contribution is 6.13. The summed E-state index contributed by atoms with van der Waals surface area (Å²) in [7, 11) is 0. The van der Waals surface area contributed by atoms with Crippen molar-refractivity contribution in [3.63, 3.8) is 0 Å². The summed E-state index contributed by atoms with van der Waals surface area (Å²) in [5, 5.41) is 4.74. The quantitative estimate of drug-likeness (QED) is 0.149. The molecule has 304 valence electrons. The van der Waals surface area contributed by atoms with Crippen LogP contribution in [0, 0.1) is 0 Å². The third-order valence-corrected chi connectivity index (χ3v) is 12.9. The standard InChI is InChI=1S/C64H42O/c1-2-12-43(13-3-1)50-16-6-19-53(38-50)55-21-9-22-56(42-55)54-20-7-17-51(39-54)45-28-33-47(34-29-45)59-24-10-26-61-62-27-11-25-60(64(62)65-63(59)61)48-35-30-46(31-36-48)52-18-8-23-57(40-52)58-37-32-44-14-4-5-15-49(44)41-58/h1-42H. The molecule has 0 saturated carbocycles. The normalized spacial score (nSPS) is 11.4. The fourth-order valence-corrected chi connectivity index (χ4v) is 9.47. The second-order valence-electron chi connectivity index (χ2n) is 16.9. The molecule has 1 heteroatoms. The summed E-state index contributed by atoms with van der Waals surface area (Å²) < 4.78 is 6.88. The van der Waals surface area contributed by atoms with Crippen LogP contribution in [0.1, 0.15) is 0 Å². The number of hydrogen-bond acceptors (Lipinski definition) is 1. The maximum atomic E-state index is 6.88. The number of rotatable bonds is 8. The maximum absolute atomic E-state index is 6.88. The Morgan fingerprint density at radius 3 is 0.938 bits per heavy atom. The highest BCUT2D eigenvalue weighted by Crippen LogP contribution is 2.41. The summed E-state index contributed by atoms with van der Waals surface area (Å²) in [4.78, 5) is 0. The predicted octanol–water partition coefficient (Wildman–Crippen LogP) is 18.1. The van der Waals surface area contributed by atoms with Gasteiger partial charge in [-0.25, -0.2) is 0 Å². The van der Waals surface area contributed by atoms with Crippen molar-refractivity contribution in [2.75, 3.05) is 0 Å². The molecule has 0 amide bonds. The van der Waals surface area contributed by atoms with Crippen molar-refractivity contribution in [2.24, 2.45) is 0 Å². The van der Waals surface area contributed by atoms with E-state index in [1.807, 2.05) is 0 Å². The van der Waals surface area contributed by atoms with Gasteiger partial charge in [0.25, 0.3) is 0 Å². The van der Waals surface area contributed by atoms with Gasteiger partial charge < -0.3 is 4.42 Å². The van der Waals surface area contributed by atoms with Gasteiger partial charge in [0.2, 0.25) is 0 Å². The molecule has 0 radical (unpaired) electrons. The van der Waals surface area contributed by atoms with E-state index in [1.54, 1.807) is 0 Å². The van der Waals surface area contributed by atoms with Gasteiger partial charge in [-0.1, -0.05) is 224 Å². The van der Waals surface area contributed by atoms with E-state index in [4.69, 9.17) is 4.42 Å². The zero-order valence-corrected chi connectivity index (χ0v) is 35.7. The summed E-state index contributed by atoms with van der Waals surface area (Å²) in [6.45, 7) is 0. The van der Waals surface area contributed by atoms with Gasteiger partial charge in [0.15, 0.2) is 0 Å². The lowest BCUT2D eigenvalue weighted by Gasteiger charge is -2.10. The first kappa shape index (κ1) is 38.2. The van der Waals surface area contributed by atoms with Crippen LogP contribution in [0.15, 0.2) is 259 Å². The van der Waals surface area contributed by atoms with Crippen LogP contribution in [-0.2, 0) is 0 Å². The smallest absolute Gasteiger partial charge is 0.143 e. The highest BCUT2D eigenvalue weighted by Gasteiger charge is 2.16. The number of hydrogen-bond donors (Lipinski definition) is 0. The monoisotopic (exact) mass is 826 g/mol. The molecule has 0 saturated heterocycles. The second-order valence-corrected chi connectivity index (χ2v) is 16.9. The Morgan fingerprint density at radius 2 is 0.492 bits per heavy atom. The van der Waals surface area contributed by atoms with Gasteiger partial charge in [0, 0.05) is 21.9 Å². The molecule has 1 nitrogen and oxygen atoms in total. The molecule has 1 heterocycles. The van der Waals surface area contributed by atoms with Crippen LogP contribution in [0.2, 0.25) is 0 Å². The van der Waals surface area contributed by atoms with E-state index in [0.29, 0.717) is 0 Å². The van der Waals surface area contributed by atoms with Crippen LogP contribution in [0.3, 0.4) is 0 Å². The summed E-state index contributed by atoms with van der Waals surface area (Å²) in [6, 6.07) is 91.9. The maximum Gasteiger partial charge on any atom is 0.143 e. The first-order chi connectivity index (χ1) is 32.2. The van der Waals surface area contributed by atoms with Crippen molar-refractivity contribution in [1.82, 2.24) is 0 Å². The Hall–Kier alpha value is -8.52. The Bertz CT molecular complexity index is 3690. The van der Waals surface area contributed by atoms with Gasteiger partial charge in [0.05, 0.1) is 0 Å². The van der Waals surface area contributed by atoms with Gasteiger partial charge in [0.1, 0.15) is 11.2 Å². The third kappa shape index (κ3) is 7.30. The minimum absolute atomic E-state index is 0.904. The van der Waals surface area contributed by atoms with Crippen LogP contribution in [-0.4, -0.2) is 0 Å². The molecule has 0 aliphatic heterocycles. The Kier molecular flexibility index (Phi) is 9.58. The van der Waals surface area contributed by atoms with Gasteiger partial charge in [-0.2, -0.15) is 0 Å². The van der Waals surface area contributed by atoms with E-state index in [1.165, 1.54) is 77.5 Å². The van der Waals surface area contributed by atoms with Crippen molar-refractivity contribution < 1.29 is 4.42 Å². The van der Waals surface area contributed by atoms with Crippen molar-refractivity contribution in [2.45, 2.75) is 0 Å². The topological polar surface area (TPSA) is 13.1 Å². The zero-order chi connectivity index (χ0) is 43.1. The number of fused-ring (bicyclic) bond motifs is 4. The van der Waals surface area contributed by atoms with Crippen molar-refractivity contribution in [3.05, 3.63) is 255 Å². The largest absolute Gasteiger partial charge is 0.455 e. The van der Waals surface area contributed by atoms with Crippen LogP contribution in [0.25, 0.3) is 122 Å². The van der Waals surface area contributed by atoms with Gasteiger partial charge in [-0.05, 0) is 119 Å². The zero-order valence-electron chi connectivity index (χ0n) is 35.7. The summed E-state index contributed by atoms with van der Waals surface area (Å²) >= 11 is 0. The number of benzene rings is 11. The summed E-state index contributed by atoms with van der Waals surface area (Å²) in [5.74, 6) is 0. The lowest BCUT2D eigenvalue weighted by Crippen LogP contribution is -1.85. The molecular formula is C64H42O. The molecule has 12 aromatic rings. The lowest BCUT2D eigenvalue weighted by molar-refractivity contribution is 0.671. The van der Waals surface area contributed by atoms with Crippen molar-refractivity contribution >= 4 is 32.7 Å². The molecule has 11 aromatic carbocycles. The van der Waals surface area contributed by atoms with Crippen LogP contribution >= 0.6 is 0 Å². The Balaban J connectivity index is 0.814. The lowest BCUT2D eigenvalue weighted by atomic mass is 9.94. The van der Waals surface area contributed by atoms with Crippen molar-refractivity contribution in [1.29, 1.82) is 0 Å². The minimum Gasteiger partial charge on any atom is -0.455 e. The molecular weight excluding hydrogens is 785 g/mol. The van der Waals surface area contributed by atoms with E-state index < -0.39 is 0 Å². The average molecular weight is 827 g/mol. The summed E-state index contributed by atoms with van der Waals surface area (Å²) in [5.41, 5.74) is 20.6. The van der Waals surface area contributed by atoms with Crippen LogP contribution in [0.5, 0.6) is 0 Å². The van der Waals surface area contributed by atoms with Gasteiger partial charge in [-0.3, -0.25) is 0 Å². The van der Waals surface area contributed by atoms with Crippen molar-refractivity contribution in [3.8, 4) is 89.0 Å². The Labute approximate surface area is 379 Å². The second kappa shape index (κ2) is 16.3. The molecule has 0 aliphatic carbocycles. The molecule has 1 aromatic heterocycles. The fourth-order valence-electron chi connectivity index (χ4n) is 9.47. The van der Waals surface area contributed by atoms with Crippen LogP contribution < -0.4 is 0 Å². The minimum atomic E-state index is 0.904. The highest BCUT2D eigenvalue weighted by atomic mass is 16.3. The molecule has 65 heavy (non-hydrogen) atoms. The average Bonchev–Trinajstić information content (AvgIpc) is 3.78. The molecule has 0 unspecified atom stereocenters. The first-order valence-electron chi connectivity index (χ1n) is 22.3. The van der Waals surface area contributed by atoms with Gasteiger partial charge >= 0.3 is 0 Å². The molecule has 0 aliphatic rings. The molecule has 0 fully saturated rings. The van der Waals surface area contributed by atoms with E-state index >= 15 is 0 Å². The first-order valence-corrected chi connectivity index (χ1v) is 22.3. The van der Waals surface area contributed by atoms with Gasteiger partial charge in [-0.15, -0.1) is 0 Å². The predicted molar refractivity (Wildman–Crippen MR) is 275 cm³/mol. The Morgan fingerprint density at radius 1 is 0.185 bits per heavy atom. The molecule has 12 rings (SSSR count). The molecule has 0 bridgehead atoms. The van der Waals surface area contributed by atoms with E-state index in [-0.39, 0.29) is 0 Å². The number of furan rings is 1. The molecule has 0 spiro atoms. The van der Waals surface area contributed by atoms with E-state index in [0.717, 1.165) is 44.2 Å². The molecule has 0 atom stereocenters. The number of para-hydroxylation sites is 2. The summed E-state index contributed by atoms with van der Waals surface area (Å²) in [6.07, 6.45) is 0.